The Kier molecular flexibility index (Phi) is 4.20. The van der Waals surface area contributed by atoms with Gasteiger partial charge in [-0.1, -0.05) is 25.4 Å². The van der Waals surface area contributed by atoms with Crippen LogP contribution in [0.1, 0.15) is 57.3 Å². The highest BCUT2D eigenvalue weighted by molar-refractivity contribution is 6.31. The topological polar surface area (TPSA) is 17.8 Å². The van der Waals surface area contributed by atoms with Gasteiger partial charge in [0.2, 0.25) is 0 Å². The van der Waals surface area contributed by atoms with Crippen LogP contribution in [0, 0.1) is 11.8 Å². The van der Waals surface area contributed by atoms with Crippen molar-refractivity contribution in [2.24, 2.45) is 11.8 Å². The minimum absolute atomic E-state index is 0.0938. The lowest BCUT2D eigenvalue weighted by atomic mass is 9.80. The van der Waals surface area contributed by atoms with Gasteiger partial charge in [-0.25, -0.2) is 4.98 Å². The highest BCUT2D eigenvalue weighted by Crippen LogP contribution is 2.40. The van der Waals surface area contributed by atoms with Gasteiger partial charge in [0.25, 0.3) is 0 Å². The van der Waals surface area contributed by atoms with Crippen molar-refractivity contribution >= 4 is 34.2 Å². The van der Waals surface area contributed by atoms with E-state index in [9.17, 15) is 0 Å². The summed E-state index contributed by atoms with van der Waals surface area (Å²) in [5.41, 5.74) is 2.11. The molecule has 4 heteroatoms. The van der Waals surface area contributed by atoms with Crippen molar-refractivity contribution in [3.63, 3.8) is 0 Å². The number of fused-ring (bicyclic) bond motifs is 1. The van der Waals surface area contributed by atoms with Crippen molar-refractivity contribution in [3.05, 3.63) is 29.0 Å². The molecular formula is C17H22Cl2N2. The molecule has 3 unspecified atom stereocenters. The summed E-state index contributed by atoms with van der Waals surface area (Å²) in [4.78, 5) is 4.74. The number of alkyl halides is 1. The first-order valence-corrected chi connectivity index (χ1v) is 8.58. The predicted molar refractivity (Wildman–Crippen MR) is 90.2 cm³/mol. The Hall–Kier alpha value is -0.730. The molecule has 1 aromatic carbocycles. The molecule has 3 atom stereocenters. The first-order valence-electron chi connectivity index (χ1n) is 7.77. The molecule has 21 heavy (non-hydrogen) atoms. The molecule has 2 aromatic rings. The second kappa shape index (κ2) is 5.81. The van der Waals surface area contributed by atoms with Crippen LogP contribution < -0.4 is 0 Å². The zero-order chi connectivity index (χ0) is 15.1. The molecule has 0 aliphatic heterocycles. The van der Waals surface area contributed by atoms with E-state index in [1.807, 2.05) is 19.1 Å². The van der Waals surface area contributed by atoms with Crippen LogP contribution in [0.15, 0.2) is 18.2 Å². The van der Waals surface area contributed by atoms with Gasteiger partial charge in [-0.3, -0.25) is 0 Å². The van der Waals surface area contributed by atoms with Crippen LogP contribution in [0.2, 0.25) is 5.02 Å². The minimum Gasteiger partial charge on any atom is -0.324 e. The molecule has 0 radical (unpaired) electrons. The SMILES string of the molecule is CC1CC(C)CC(n2c(C(C)Cl)nc3cc(Cl)ccc32)C1. The van der Waals surface area contributed by atoms with Crippen LogP contribution in [0.3, 0.4) is 0 Å². The highest BCUT2D eigenvalue weighted by Gasteiger charge is 2.29. The van der Waals surface area contributed by atoms with Crippen LogP contribution >= 0.6 is 23.2 Å². The summed E-state index contributed by atoms with van der Waals surface area (Å²) >= 11 is 12.5. The summed E-state index contributed by atoms with van der Waals surface area (Å²) in [6, 6.07) is 6.45. The maximum Gasteiger partial charge on any atom is 0.127 e. The van der Waals surface area contributed by atoms with Crippen molar-refractivity contribution in [1.82, 2.24) is 9.55 Å². The summed E-state index contributed by atoms with van der Waals surface area (Å²) in [7, 11) is 0. The third kappa shape index (κ3) is 2.93. The fraction of sp³-hybridized carbons (Fsp3) is 0.588. The van der Waals surface area contributed by atoms with Crippen LogP contribution in [0.4, 0.5) is 0 Å². The summed E-state index contributed by atoms with van der Waals surface area (Å²) < 4.78 is 2.37. The smallest absolute Gasteiger partial charge is 0.127 e. The number of imidazole rings is 1. The van der Waals surface area contributed by atoms with Gasteiger partial charge in [-0.15, -0.1) is 11.6 Å². The Morgan fingerprint density at radius 2 is 1.86 bits per heavy atom. The predicted octanol–water partition coefficient (Wildman–Crippen LogP) is 5.99. The normalized spacial score (nSPS) is 28.0. The Labute approximate surface area is 136 Å². The number of benzene rings is 1. The Bertz CT molecular complexity index is 638. The quantitative estimate of drug-likeness (QED) is 0.620. The van der Waals surface area contributed by atoms with Crippen LogP contribution in [0.5, 0.6) is 0 Å². The molecule has 0 bridgehead atoms. The molecule has 3 rings (SSSR count). The number of hydrogen-bond donors (Lipinski definition) is 0. The van der Waals surface area contributed by atoms with Gasteiger partial charge in [0, 0.05) is 11.1 Å². The van der Waals surface area contributed by atoms with Gasteiger partial charge in [-0.05, 0) is 56.2 Å². The summed E-state index contributed by atoms with van der Waals surface area (Å²) in [6.07, 6.45) is 3.73. The molecule has 1 saturated carbocycles. The van der Waals surface area contributed by atoms with Crippen molar-refractivity contribution in [2.45, 2.75) is 51.5 Å². The largest absolute Gasteiger partial charge is 0.324 e. The maximum absolute atomic E-state index is 6.40. The van der Waals surface area contributed by atoms with E-state index >= 15 is 0 Å². The van der Waals surface area contributed by atoms with Gasteiger partial charge in [0.1, 0.15) is 5.82 Å². The molecule has 0 saturated heterocycles. The Morgan fingerprint density at radius 3 is 2.48 bits per heavy atom. The Morgan fingerprint density at radius 1 is 1.19 bits per heavy atom. The average molecular weight is 325 g/mol. The molecule has 1 fully saturated rings. The van der Waals surface area contributed by atoms with Gasteiger partial charge >= 0.3 is 0 Å². The van der Waals surface area contributed by atoms with E-state index in [0.29, 0.717) is 6.04 Å². The van der Waals surface area contributed by atoms with E-state index in [0.717, 1.165) is 33.7 Å². The molecule has 1 heterocycles. The molecule has 2 nitrogen and oxygen atoms in total. The molecule has 0 spiro atoms. The number of hydrogen-bond acceptors (Lipinski definition) is 1. The third-order valence-electron chi connectivity index (χ3n) is 4.55. The molecule has 1 aromatic heterocycles. The zero-order valence-electron chi connectivity index (χ0n) is 12.8. The first kappa shape index (κ1) is 15.2. The van der Waals surface area contributed by atoms with E-state index in [1.54, 1.807) is 0 Å². The van der Waals surface area contributed by atoms with E-state index in [-0.39, 0.29) is 5.38 Å². The van der Waals surface area contributed by atoms with Gasteiger partial charge in [0.15, 0.2) is 0 Å². The average Bonchev–Trinajstić information content (AvgIpc) is 2.76. The lowest BCUT2D eigenvalue weighted by Crippen LogP contribution is -2.24. The van der Waals surface area contributed by atoms with Gasteiger partial charge in [0.05, 0.1) is 16.4 Å². The number of aromatic nitrogens is 2. The number of nitrogens with zero attached hydrogens (tertiary/aromatic N) is 2. The van der Waals surface area contributed by atoms with Gasteiger partial charge in [-0.2, -0.15) is 0 Å². The van der Waals surface area contributed by atoms with E-state index < -0.39 is 0 Å². The highest BCUT2D eigenvalue weighted by atomic mass is 35.5. The van der Waals surface area contributed by atoms with E-state index in [4.69, 9.17) is 28.2 Å². The lowest BCUT2D eigenvalue weighted by Gasteiger charge is -2.33. The van der Waals surface area contributed by atoms with E-state index in [1.165, 1.54) is 19.3 Å². The molecule has 114 valence electrons. The molecular weight excluding hydrogens is 303 g/mol. The van der Waals surface area contributed by atoms with Crippen molar-refractivity contribution in [1.29, 1.82) is 0 Å². The summed E-state index contributed by atoms with van der Waals surface area (Å²) in [5.74, 6) is 2.48. The van der Waals surface area contributed by atoms with Crippen LogP contribution in [-0.2, 0) is 0 Å². The standard InChI is InChI=1S/C17H22Cl2N2/c1-10-6-11(2)8-14(7-10)21-16-5-4-13(19)9-15(16)20-17(21)12(3)18/h4-5,9-12,14H,6-8H2,1-3H3. The second-order valence-electron chi connectivity index (χ2n) is 6.66. The summed E-state index contributed by atoms with van der Waals surface area (Å²) in [5, 5.41) is 0.634. The monoisotopic (exact) mass is 324 g/mol. The minimum atomic E-state index is -0.0938. The molecule has 1 aliphatic carbocycles. The van der Waals surface area contributed by atoms with Crippen molar-refractivity contribution in [2.75, 3.05) is 0 Å². The fourth-order valence-electron chi connectivity index (χ4n) is 3.87. The lowest BCUT2D eigenvalue weighted by molar-refractivity contribution is 0.221. The number of rotatable bonds is 2. The summed E-state index contributed by atoms with van der Waals surface area (Å²) in [6.45, 7) is 6.70. The second-order valence-corrected chi connectivity index (χ2v) is 7.75. The molecule has 1 aliphatic rings. The zero-order valence-corrected chi connectivity index (χ0v) is 14.3. The van der Waals surface area contributed by atoms with E-state index in [2.05, 4.69) is 24.5 Å². The third-order valence-corrected chi connectivity index (χ3v) is 4.98. The van der Waals surface area contributed by atoms with Gasteiger partial charge < -0.3 is 4.57 Å². The fourth-order valence-corrected chi connectivity index (χ4v) is 4.19. The molecule has 0 N–H and O–H groups in total. The van der Waals surface area contributed by atoms with Crippen LogP contribution in [-0.4, -0.2) is 9.55 Å². The van der Waals surface area contributed by atoms with Crippen molar-refractivity contribution < 1.29 is 0 Å². The first-order chi connectivity index (χ1) is 9.95. The maximum atomic E-state index is 6.40. The Balaban J connectivity index is 2.13. The number of halogens is 2. The van der Waals surface area contributed by atoms with Crippen LogP contribution in [0.25, 0.3) is 11.0 Å². The van der Waals surface area contributed by atoms with Crippen molar-refractivity contribution in [3.8, 4) is 0 Å². The molecule has 0 amide bonds.